The third-order valence-electron chi connectivity index (χ3n) is 4.45. The van der Waals surface area contributed by atoms with Crippen molar-refractivity contribution in [2.75, 3.05) is 40.0 Å². The fourth-order valence-electron chi connectivity index (χ4n) is 3.03. The molecule has 0 bridgehead atoms. The van der Waals surface area contributed by atoms with Crippen LogP contribution in [0.15, 0.2) is 30.3 Å². The number of aromatic nitrogens is 2. The summed E-state index contributed by atoms with van der Waals surface area (Å²) < 4.78 is 10.5. The summed E-state index contributed by atoms with van der Waals surface area (Å²) in [6, 6.07) is 9.97. The zero-order valence-corrected chi connectivity index (χ0v) is 15.2. The number of nitrogens with one attached hydrogen (secondary N) is 2. The number of methoxy groups -OCH3 is 1. The highest BCUT2D eigenvalue weighted by molar-refractivity contribution is 5.94. The van der Waals surface area contributed by atoms with Gasteiger partial charge in [0.15, 0.2) is 5.69 Å². The van der Waals surface area contributed by atoms with E-state index in [9.17, 15) is 4.79 Å². The van der Waals surface area contributed by atoms with Gasteiger partial charge < -0.3 is 19.7 Å². The molecule has 0 fully saturated rings. The minimum Gasteiger partial charge on any atom is -0.382 e. The normalized spacial score (nSPS) is 13.4. The van der Waals surface area contributed by atoms with Crippen LogP contribution in [0.25, 0.3) is 0 Å². The zero-order valence-electron chi connectivity index (χ0n) is 15.2. The lowest BCUT2D eigenvalue weighted by atomic mass is 10.1. The standard InChI is InChI=1S/C19H26N4O3/c1-25-11-12-26-10-9-23(14-15-5-3-2-4-6-15)19(24)18-16-13-20-8-7-17(16)21-22-18/h2-6,20H,7-14H2,1H3,(H,21,22). The van der Waals surface area contributed by atoms with E-state index in [1.54, 1.807) is 12.0 Å². The molecule has 1 aliphatic heterocycles. The van der Waals surface area contributed by atoms with Crippen molar-refractivity contribution in [3.05, 3.63) is 52.8 Å². The van der Waals surface area contributed by atoms with Gasteiger partial charge in [-0.1, -0.05) is 30.3 Å². The van der Waals surface area contributed by atoms with Crippen molar-refractivity contribution < 1.29 is 14.3 Å². The monoisotopic (exact) mass is 358 g/mol. The number of aromatic amines is 1. The van der Waals surface area contributed by atoms with E-state index in [-0.39, 0.29) is 5.91 Å². The molecule has 7 heteroatoms. The van der Waals surface area contributed by atoms with E-state index in [2.05, 4.69) is 15.5 Å². The fraction of sp³-hybridized carbons (Fsp3) is 0.474. The highest BCUT2D eigenvalue weighted by atomic mass is 16.5. The highest BCUT2D eigenvalue weighted by Gasteiger charge is 2.25. The van der Waals surface area contributed by atoms with Crippen molar-refractivity contribution in [3.63, 3.8) is 0 Å². The Hall–Kier alpha value is -2.22. The number of nitrogens with zero attached hydrogens (tertiary/aromatic N) is 2. The van der Waals surface area contributed by atoms with Gasteiger partial charge in [0.2, 0.25) is 0 Å². The van der Waals surface area contributed by atoms with E-state index in [0.717, 1.165) is 29.8 Å². The predicted molar refractivity (Wildman–Crippen MR) is 97.9 cm³/mol. The van der Waals surface area contributed by atoms with Gasteiger partial charge in [-0.15, -0.1) is 0 Å². The summed E-state index contributed by atoms with van der Waals surface area (Å²) in [5.74, 6) is -0.0644. The smallest absolute Gasteiger partial charge is 0.275 e. The summed E-state index contributed by atoms with van der Waals surface area (Å²) in [5.41, 5.74) is 3.64. The van der Waals surface area contributed by atoms with Gasteiger partial charge >= 0.3 is 0 Å². The number of fused-ring (bicyclic) bond motifs is 1. The van der Waals surface area contributed by atoms with Crippen LogP contribution in [-0.4, -0.2) is 61.0 Å². The Morgan fingerprint density at radius 3 is 2.88 bits per heavy atom. The molecule has 1 aliphatic rings. The molecule has 1 amide bonds. The van der Waals surface area contributed by atoms with Gasteiger partial charge in [0.1, 0.15) is 0 Å². The SMILES string of the molecule is COCCOCCN(Cc1ccccc1)C(=O)c1n[nH]c2c1CNCC2. The second-order valence-corrected chi connectivity index (χ2v) is 6.27. The first-order valence-corrected chi connectivity index (χ1v) is 8.96. The summed E-state index contributed by atoms with van der Waals surface area (Å²) in [6.07, 6.45) is 0.869. The summed E-state index contributed by atoms with van der Waals surface area (Å²) in [6.45, 7) is 4.15. The van der Waals surface area contributed by atoms with E-state index in [4.69, 9.17) is 9.47 Å². The maximum absolute atomic E-state index is 13.1. The van der Waals surface area contributed by atoms with E-state index in [1.165, 1.54) is 0 Å². The fourth-order valence-corrected chi connectivity index (χ4v) is 3.03. The topological polar surface area (TPSA) is 79.5 Å². The molecular formula is C19H26N4O3. The van der Waals surface area contributed by atoms with Gasteiger partial charge in [0.05, 0.1) is 19.8 Å². The molecule has 0 unspecified atom stereocenters. The van der Waals surface area contributed by atoms with Crippen LogP contribution in [0.5, 0.6) is 0 Å². The van der Waals surface area contributed by atoms with E-state index >= 15 is 0 Å². The van der Waals surface area contributed by atoms with Crippen molar-refractivity contribution in [2.24, 2.45) is 0 Å². The predicted octanol–water partition coefficient (Wildman–Crippen LogP) is 1.36. The van der Waals surface area contributed by atoms with Crippen molar-refractivity contribution in [1.29, 1.82) is 0 Å². The van der Waals surface area contributed by atoms with Crippen molar-refractivity contribution >= 4 is 5.91 Å². The number of hydrogen-bond acceptors (Lipinski definition) is 5. The molecule has 0 radical (unpaired) electrons. The zero-order chi connectivity index (χ0) is 18.2. The van der Waals surface area contributed by atoms with Crippen LogP contribution in [0, 0.1) is 0 Å². The largest absolute Gasteiger partial charge is 0.382 e. The number of H-pyrrole nitrogens is 1. The Morgan fingerprint density at radius 1 is 1.23 bits per heavy atom. The quantitative estimate of drug-likeness (QED) is 0.662. The lowest BCUT2D eigenvalue weighted by Crippen LogP contribution is -2.35. The van der Waals surface area contributed by atoms with Crippen LogP contribution in [0.4, 0.5) is 0 Å². The Kier molecular flexibility index (Phi) is 6.76. The van der Waals surface area contributed by atoms with E-state index in [0.29, 0.717) is 45.1 Å². The molecule has 2 heterocycles. The van der Waals surface area contributed by atoms with Crippen molar-refractivity contribution in [2.45, 2.75) is 19.5 Å². The minimum atomic E-state index is -0.0644. The summed E-state index contributed by atoms with van der Waals surface area (Å²) in [4.78, 5) is 14.9. The molecule has 0 saturated heterocycles. The lowest BCUT2D eigenvalue weighted by molar-refractivity contribution is 0.0473. The number of rotatable bonds is 9. The Bertz CT molecular complexity index is 702. The van der Waals surface area contributed by atoms with Crippen LogP contribution in [0.1, 0.15) is 27.3 Å². The van der Waals surface area contributed by atoms with Crippen molar-refractivity contribution in [3.8, 4) is 0 Å². The first-order chi connectivity index (χ1) is 12.8. The van der Waals surface area contributed by atoms with Crippen LogP contribution in [0.3, 0.4) is 0 Å². The van der Waals surface area contributed by atoms with Gasteiger partial charge in [0, 0.05) is 51.0 Å². The van der Waals surface area contributed by atoms with E-state index < -0.39 is 0 Å². The first kappa shape index (κ1) is 18.6. The van der Waals surface area contributed by atoms with Gasteiger partial charge in [-0.25, -0.2) is 0 Å². The summed E-state index contributed by atoms with van der Waals surface area (Å²) in [5, 5.41) is 10.6. The van der Waals surface area contributed by atoms with Gasteiger partial charge in [0.25, 0.3) is 5.91 Å². The molecule has 7 nitrogen and oxygen atoms in total. The Labute approximate surface area is 153 Å². The summed E-state index contributed by atoms with van der Waals surface area (Å²) in [7, 11) is 1.64. The van der Waals surface area contributed by atoms with Gasteiger partial charge in [-0.2, -0.15) is 5.10 Å². The maximum atomic E-state index is 13.1. The van der Waals surface area contributed by atoms with E-state index in [1.807, 2.05) is 30.3 Å². The molecule has 0 saturated carbocycles. The number of amides is 1. The maximum Gasteiger partial charge on any atom is 0.275 e. The molecule has 0 aliphatic carbocycles. The highest BCUT2D eigenvalue weighted by Crippen LogP contribution is 2.18. The van der Waals surface area contributed by atoms with Crippen LogP contribution < -0.4 is 5.32 Å². The molecular weight excluding hydrogens is 332 g/mol. The van der Waals surface area contributed by atoms with Gasteiger partial charge in [-0.3, -0.25) is 9.89 Å². The summed E-state index contributed by atoms with van der Waals surface area (Å²) >= 11 is 0. The third-order valence-corrected chi connectivity index (χ3v) is 4.45. The minimum absolute atomic E-state index is 0.0644. The molecule has 0 spiro atoms. The van der Waals surface area contributed by atoms with Crippen LogP contribution >= 0.6 is 0 Å². The lowest BCUT2D eigenvalue weighted by Gasteiger charge is -2.23. The number of benzene rings is 1. The molecule has 1 aromatic heterocycles. The average Bonchev–Trinajstić information content (AvgIpc) is 3.11. The number of hydrogen-bond donors (Lipinski definition) is 2. The molecule has 1 aromatic carbocycles. The number of ether oxygens (including phenoxy) is 2. The number of carbonyl (C=O) groups is 1. The molecule has 3 rings (SSSR count). The third kappa shape index (κ3) is 4.69. The molecule has 26 heavy (non-hydrogen) atoms. The van der Waals surface area contributed by atoms with Crippen LogP contribution in [-0.2, 0) is 29.0 Å². The van der Waals surface area contributed by atoms with Crippen LogP contribution in [0.2, 0.25) is 0 Å². The second kappa shape index (κ2) is 9.47. The number of carbonyl (C=O) groups excluding carboxylic acids is 1. The molecule has 2 N–H and O–H groups in total. The molecule has 140 valence electrons. The first-order valence-electron chi connectivity index (χ1n) is 8.96. The Balaban J connectivity index is 1.71. The molecule has 0 atom stereocenters. The average molecular weight is 358 g/mol. The molecule has 2 aromatic rings. The second-order valence-electron chi connectivity index (χ2n) is 6.27. The van der Waals surface area contributed by atoms with Gasteiger partial charge in [-0.05, 0) is 5.56 Å². The Morgan fingerprint density at radius 2 is 2.08 bits per heavy atom. The van der Waals surface area contributed by atoms with Crippen molar-refractivity contribution in [1.82, 2.24) is 20.4 Å².